The predicted molar refractivity (Wildman–Crippen MR) is 60.8 cm³/mol. The van der Waals surface area contributed by atoms with E-state index in [1.165, 1.54) is 0 Å². The first-order valence-corrected chi connectivity index (χ1v) is 6.74. The van der Waals surface area contributed by atoms with E-state index in [0.717, 1.165) is 0 Å². The standard InChI is InChI=1S/C8H18N3O5P/c1-5(2)7(11-6(12)3-9)8(13)16-17(14,15)4-10/h5,7H,3-4,9-10H2,1-2H3,(H,11,12)(H,14,15)/t7-/m0/s1. The molecule has 6 N–H and O–H groups in total. The molecular formula is C8H18N3O5P. The van der Waals surface area contributed by atoms with Gasteiger partial charge in [-0.15, -0.1) is 0 Å². The second-order valence-corrected chi connectivity index (χ2v) is 5.55. The molecule has 0 radical (unpaired) electrons. The maximum atomic E-state index is 11.5. The van der Waals surface area contributed by atoms with Crippen molar-refractivity contribution in [1.82, 2.24) is 5.32 Å². The molecule has 0 aliphatic carbocycles. The maximum absolute atomic E-state index is 11.5. The Kier molecular flexibility index (Phi) is 6.33. The minimum atomic E-state index is -4.13. The lowest BCUT2D eigenvalue weighted by atomic mass is 10.1. The van der Waals surface area contributed by atoms with Gasteiger partial charge >= 0.3 is 13.6 Å². The summed E-state index contributed by atoms with van der Waals surface area (Å²) < 4.78 is 15.5. The molecule has 0 fully saturated rings. The van der Waals surface area contributed by atoms with Crippen LogP contribution >= 0.6 is 7.60 Å². The second kappa shape index (κ2) is 6.70. The molecule has 0 aromatic heterocycles. The third-order valence-corrected chi connectivity index (χ3v) is 2.81. The Morgan fingerprint density at radius 3 is 2.29 bits per heavy atom. The van der Waals surface area contributed by atoms with Crippen molar-refractivity contribution in [2.45, 2.75) is 19.9 Å². The summed E-state index contributed by atoms with van der Waals surface area (Å²) >= 11 is 0. The van der Waals surface area contributed by atoms with Crippen molar-refractivity contribution in [2.75, 3.05) is 12.8 Å². The molecule has 1 unspecified atom stereocenters. The highest BCUT2D eigenvalue weighted by Crippen LogP contribution is 2.40. The van der Waals surface area contributed by atoms with Gasteiger partial charge in [0.2, 0.25) is 5.91 Å². The molecule has 0 bridgehead atoms. The first kappa shape index (κ1) is 16.1. The monoisotopic (exact) mass is 267 g/mol. The Hall–Kier alpha value is -0.950. The van der Waals surface area contributed by atoms with Gasteiger partial charge in [0.25, 0.3) is 0 Å². The van der Waals surface area contributed by atoms with Crippen molar-refractivity contribution >= 4 is 19.5 Å². The Bertz CT molecular complexity index is 333. The number of amides is 1. The predicted octanol–water partition coefficient (Wildman–Crippen LogP) is -1.27. The third kappa shape index (κ3) is 5.78. The van der Waals surface area contributed by atoms with E-state index in [1.54, 1.807) is 13.8 Å². The second-order valence-electron chi connectivity index (χ2n) is 3.72. The molecule has 0 saturated carbocycles. The van der Waals surface area contributed by atoms with Gasteiger partial charge in [0, 0.05) is 0 Å². The minimum Gasteiger partial charge on any atom is -0.389 e. The van der Waals surface area contributed by atoms with Gasteiger partial charge in [0.1, 0.15) is 12.3 Å². The molecule has 0 aliphatic heterocycles. The number of carbonyl (C=O) groups excluding carboxylic acids is 2. The van der Waals surface area contributed by atoms with E-state index >= 15 is 0 Å². The van der Waals surface area contributed by atoms with E-state index in [4.69, 9.17) is 16.4 Å². The van der Waals surface area contributed by atoms with Crippen LogP contribution in [0.15, 0.2) is 0 Å². The lowest BCUT2D eigenvalue weighted by Gasteiger charge is -2.21. The first-order valence-electron chi connectivity index (χ1n) is 4.98. The largest absolute Gasteiger partial charge is 0.392 e. The van der Waals surface area contributed by atoms with Gasteiger partial charge in [0.05, 0.1) is 6.54 Å². The van der Waals surface area contributed by atoms with E-state index in [-0.39, 0.29) is 12.5 Å². The summed E-state index contributed by atoms with van der Waals surface area (Å²) in [4.78, 5) is 31.7. The Morgan fingerprint density at radius 2 is 1.94 bits per heavy atom. The first-order chi connectivity index (χ1) is 7.73. The van der Waals surface area contributed by atoms with Crippen LogP contribution in [0.3, 0.4) is 0 Å². The maximum Gasteiger partial charge on any atom is 0.392 e. The molecule has 9 heteroatoms. The normalized spacial score (nSPS) is 16.1. The smallest absolute Gasteiger partial charge is 0.389 e. The van der Waals surface area contributed by atoms with Crippen molar-refractivity contribution in [2.24, 2.45) is 17.4 Å². The van der Waals surface area contributed by atoms with E-state index in [9.17, 15) is 14.2 Å². The van der Waals surface area contributed by atoms with Crippen molar-refractivity contribution in [3.63, 3.8) is 0 Å². The van der Waals surface area contributed by atoms with Gasteiger partial charge in [0.15, 0.2) is 0 Å². The number of hydrogen-bond donors (Lipinski definition) is 4. The van der Waals surface area contributed by atoms with Gasteiger partial charge in [-0.05, 0) is 5.92 Å². The van der Waals surface area contributed by atoms with Crippen LogP contribution in [0.5, 0.6) is 0 Å². The van der Waals surface area contributed by atoms with E-state index in [0.29, 0.717) is 0 Å². The fourth-order valence-electron chi connectivity index (χ4n) is 0.965. The summed E-state index contributed by atoms with van der Waals surface area (Å²) in [5.41, 5.74) is 10.0. The van der Waals surface area contributed by atoms with Crippen molar-refractivity contribution in [3.8, 4) is 0 Å². The van der Waals surface area contributed by atoms with E-state index in [1.807, 2.05) is 0 Å². The highest BCUT2D eigenvalue weighted by Gasteiger charge is 2.31. The molecule has 0 spiro atoms. The average molecular weight is 267 g/mol. The highest BCUT2D eigenvalue weighted by atomic mass is 31.2. The number of rotatable bonds is 6. The van der Waals surface area contributed by atoms with Gasteiger partial charge in [-0.3, -0.25) is 4.79 Å². The third-order valence-electron chi connectivity index (χ3n) is 1.89. The lowest BCUT2D eigenvalue weighted by molar-refractivity contribution is -0.140. The molecular weight excluding hydrogens is 249 g/mol. The molecule has 0 aromatic carbocycles. The fourth-order valence-corrected chi connectivity index (χ4v) is 1.43. The number of nitrogens with two attached hydrogens (primary N) is 2. The van der Waals surface area contributed by atoms with E-state index < -0.39 is 31.8 Å². The van der Waals surface area contributed by atoms with Crippen LogP contribution in [0.25, 0.3) is 0 Å². The molecule has 0 heterocycles. The minimum absolute atomic E-state index is 0.288. The molecule has 2 atom stereocenters. The quantitative estimate of drug-likeness (QED) is 0.439. The van der Waals surface area contributed by atoms with E-state index in [2.05, 4.69) is 9.84 Å². The molecule has 8 nitrogen and oxygen atoms in total. The molecule has 17 heavy (non-hydrogen) atoms. The molecule has 0 aliphatic rings. The van der Waals surface area contributed by atoms with Crippen LogP contribution < -0.4 is 16.8 Å². The number of nitrogens with one attached hydrogen (secondary N) is 1. The van der Waals surface area contributed by atoms with Gasteiger partial charge in [-0.25, -0.2) is 9.36 Å². The zero-order valence-corrected chi connectivity index (χ0v) is 10.6. The molecule has 1 amide bonds. The van der Waals surface area contributed by atoms with Gasteiger partial charge < -0.3 is 26.2 Å². The van der Waals surface area contributed by atoms with Crippen LogP contribution in [0.1, 0.15) is 13.8 Å². The topological polar surface area (TPSA) is 145 Å². The molecule has 100 valence electrons. The van der Waals surface area contributed by atoms with Gasteiger partial charge in [-0.2, -0.15) is 0 Å². The zero-order valence-electron chi connectivity index (χ0n) is 9.75. The van der Waals surface area contributed by atoms with Crippen LogP contribution in [0.4, 0.5) is 0 Å². The van der Waals surface area contributed by atoms with Crippen molar-refractivity contribution < 1.29 is 23.6 Å². The summed E-state index contributed by atoms with van der Waals surface area (Å²) in [6.45, 7) is 3.01. The number of carbonyl (C=O) groups is 2. The van der Waals surface area contributed by atoms with Crippen LogP contribution in [-0.2, 0) is 18.7 Å². The number of hydrogen-bond acceptors (Lipinski definition) is 6. The highest BCUT2D eigenvalue weighted by molar-refractivity contribution is 7.53. The Labute approximate surface area is 99.2 Å². The summed E-state index contributed by atoms with van der Waals surface area (Å²) in [6.07, 6.45) is -0.672. The molecule has 0 aromatic rings. The van der Waals surface area contributed by atoms with Crippen LogP contribution in [0.2, 0.25) is 0 Å². The van der Waals surface area contributed by atoms with Crippen LogP contribution in [-0.4, -0.2) is 35.6 Å². The van der Waals surface area contributed by atoms with Crippen molar-refractivity contribution in [1.29, 1.82) is 0 Å². The Morgan fingerprint density at radius 1 is 1.41 bits per heavy atom. The lowest BCUT2D eigenvalue weighted by Crippen LogP contribution is -2.47. The zero-order chi connectivity index (χ0) is 13.6. The SMILES string of the molecule is CC(C)[C@H](NC(=O)CN)C(=O)OP(=O)(O)CN. The summed E-state index contributed by atoms with van der Waals surface area (Å²) in [6, 6.07) is -1.03. The summed E-state index contributed by atoms with van der Waals surface area (Å²) in [5, 5.41) is 2.30. The van der Waals surface area contributed by atoms with Gasteiger partial charge in [-0.1, -0.05) is 13.8 Å². The Balaban J connectivity index is 4.67. The summed E-state index contributed by atoms with van der Waals surface area (Å²) in [7, 11) is -4.13. The fraction of sp³-hybridized carbons (Fsp3) is 0.750. The molecule has 0 rings (SSSR count). The summed E-state index contributed by atoms with van der Waals surface area (Å²) in [5.74, 6) is -1.87. The molecule has 0 saturated heterocycles. The average Bonchev–Trinajstić information content (AvgIpc) is 2.24. The van der Waals surface area contributed by atoms with Crippen molar-refractivity contribution in [3.05, 3.63) is 0 Å². The van der Waals surface area contributed by atoms with Crippen LogP contribution in [0, 0.1) is 5.92 Å².